The molecule has 1 N–H and O–H groups in total. The first-order valence-corrected chi connectivity index (χ1v) is 11.5. The average molecular weight is 446 g/mol. The van der Waals surface area contributed by atoms with Crippen molar-refractivity contribution in [2.45, 2.75) is 25.7 Å². The number of aromatic nitrogens is 1. The van der Waals surface area contributed by atoms with E-state index in [0.717, 1.165) is 74.6 Å². The molecule has 1 fully saturated rings. The Balaban J connectivity index is 1.05. The number of nitrogens with zero attached hydrogens (tertiary/aromatic N) is 4. The molecule has 3 aromatic rings. The van der Waals surface area contributed by atoms with Gasteiger partial charge in [0.1, 0.15) is 5.75 Å². The van der Waals surface area contributed by atoms with E-state index in [1.54, 1.807) is 6.07 Å². The van der Waals surface area contributed by atoms with Gasteiger partial charge in [0.15, 0.2) is 11.4 Å². The number of hydrogen-bond donors (Lipinski definition) is 1. The maximum atomic E-state index is 11.6. The zero-order valence-corrected chi connectivity index (χ0v) is 18.5. The standard InChI is InChI=1S/C25H27N5O3/c26-17-18-3-7-23-21(15-18)25(28-33-23)30-12-10-29(11-13-30)9-1-2-14-32-20-6-4-19-5-8-24(31)27-22(19)16-20/h3-4,6-7,15-16H,1-2,5,8-14H2,(H,27,31). The quantitative estimate of drug-likeness (QED) is 0.556. The van der Waals surface area contributed by atoms with Crippen LogP contribution in [0.2, 0.25) is 0 Å². The molecular weight excluding hydrogens is 418 g/mol. The van der Waals surface area contributed by atoms with E-state index < -0.39 is 0 Å². The zero-order valence-electron chi connectivity index (χ0n) is 18.5. The van der Waals surface area contributed by atoms with E-state index in [-0.39, 0.29) is 5.91 Å². The van der Waals surface area contributed by atoms with Gasteiger partial charge in [0, 0.05) is 44.4 Å². The molecule has 0 radical (unpaired) electrons. The van der Waals surface area contributed by atoms with Crippen LogP contribution < -0.4 is 15.0 Å². The van der Waals surface area contributed by atoms with Crippen LogP contribution in [0.3, 0.4) is 0 Å². The number of piperazine rings is 1. The van der Waals surface area contributed by atoms with Crippen molar-refractivity contribution < 1.29 is 14.1 Å². The molecule has 0 spiro atoms. The molecular formula is C25H27N5O3. The number of anilines is 2. The van der Waals surface area contributed by atoms with Crippen LogP contribution in [0.5, 0.6) is 5.75 Å². The first-order chi connectivity index (χ1) is 16.2. The van der Waals surface area contributed by atoms with Gasteiger partial charge in [-0.1, -0.05) is 11.2 Å². The van der Waals surface area contributed by atoms with E-state index in [1.807, 2.05) is 30.3 Å². The average Bonchev–Trinajstić information content (AvgIpc) is 3.27. The Hall–Kier alpha value is -3.57. The second-order valence-electron chi connectivity index (χ2n) is 8.58. The molecule has 1 saturated heterocycles. The van der Waals surface area contributed by atoms with Gasteiger partial charge < -0.3 is 19.5 Å². The van der Waals surface area contributed by atoms with Gasteiger partial charge in [-0.25, -0.2) is 0 Å². The molecule has 3 heterocycles. The summed E-state index contributed by atoms with van der Waals surface area (Å²) in [5, 5.41) is 17.2. The highest BCUT2D eigenvalue weighted by molar-refractivity contribution is 5.94. The van der Waals surface area contributed by atoms with Crippen LogP contribution in [0, 0.1) is 11.3 Å². The van der Waals surface area contributed by atoms with Crippen molar-refractivity contribution in [3.63, 3.8) is 0 Å². The SMILES string of the molecule is N#Cc1ccc2onc(N3CCN(CCCCOc4ccc5c(c4)NC(=O)CC5)CC3)c2c1. The summed E-state index contributed by atoms with van der Waals surface area (Å²) in [7, 11) is 0. The first-order valence-electron chi connectivity index (χ1n) is 11.5. The van der Waals surface area contributed by atoms with Crippen molar-refractivity contribution in [2.24, 2.45) is 0 Å². The minimum absolute atomic E-state index is 0.0726. The Bertz CT molecular complexity index is 1190. The Morgan fingerprint density at radius 3 is 2.82 bits per heavy atom. The predicted octanol–water partition coefficient (Wildman–Crippen LogP) is 3.57. The van der Waals surface area contributed by atoms with Crippen LogP contribution in [0.15, 0.2) is 40.9 Å². The smallest absolute Gasteiger partial charge is 0.224 e. The molecule has 8 heteroatoms. The lowest BCUT2D eigenvalue weighted by molar-refractivity contribution is -0.116. The predicted molar refractivity (Wildman–Crippen MR) is 125 cm³/mol. The molecule has 5 rings (SSSR count). The third kappa shape index (κ3) is 4.78. The van der Waals surface area contributed by atoms with Gasteiger partial charge in [0.25, 0.3) is 0 Å². The number of carbonyl (C=O) groups excluding carboxylic acids is 1. The van der Waals surface area contributed by atoms with Crippen molar-refractivity contribution >= 4 is 28.4 Å². The largest absolute Gasteiger partial charge is 0.494 e. The van der Waals surface area contributed by atoms with Gasteiger partial charge in [-0.3, -0.25) is 9.69 Å². The maximum Gasteiger partial charge on any atom is 0.224 e. The fourth-order valence-corrected chi connectivity index (χ4v) is 4.47. The van der Waals surface area contributed by atoms with Crippen molar-refractivity contribution in [2.75, 3.05) is 49.5 Å². The highest BCUT2D eigenvalue weighted by Crippen LogP contribution is 2.28. The lowest BCUT2D eigenvalue weighted by atomic mass is 10.0. The fourth-order valence-electron chi connectivity index (χ4n) is 4.47. The van der Waals surface area contributed by atoms with Crippen LogP contribution in [0.4, 0.5) is 11.5 Å². The number of ether oxygens (including phenoxy) is 1. The number of aryl methyl sites for hydroxylation is 1. The first kappa shape index (κ1) is 21.3. The van der Waals surface area contributed by atoms with E-state index in [1.165, 1.54) is 5.56 Å². The fraction of sp³-hybridized carbons (Fsp3) is 0.400. The van der Waals surface area contributed by atoms with Crippen LogP contribution in [0.1, 0.15) is 30.4 Å². The van der Waals surface area contributed by atoms with Gasteiger partial charge in [-0.2, -0.15) is 5.26 Å². The van der Waals surface area contributed by atoms with Gasteiger partial charge >= 0.3 is 0 Å². The monoisotopic (exact) mass is 445 g/mol. The Kier molecular flexibility index (Phi) is 6.13. The third-order valence-electron chi connectivity index (χ3n) is 6.37. The molecule has 2 aliphatic heterocycles. The van der Waals surface area contributed by atoms with E-state index in [4.69, 9.17) is 14.5 Å². The van der Waals surface area contributed by atoms with Crippen molar-refractivity contribution in [3.05, 3.63) is 47.5 Å². The van der Waals surface area contributed by atoms with Crippen LogP contribution in [-0.2, 0) is 11.2 Å². The topological polar surface area (TPSA) is 94.6 Å². The van der Waals surface area contributed by atoms with E-state index in [9.17, 15) is 4.79 Å². The van der Waals surface area contributed by atoms with Crippen LogP contribution >= 0.6 is 0 Å². The van der Waals surface area contributed by atoms with Crippen molar-refractivity contribution in [1.82, 2.24) is 10.1 Å². The molecule has 8 nitrogen and oxygen atoms in total. The number of amides is 1. The number of unbranched alkanes of at least 4 members (excludes halogenated alkanes) is 1. The Morgan fingerprint density at radius 2 is 1.97 bits per heavy atom. The summed E-state index contributed by atoms with van der Waals surface area (Å²) in [4.78, 5) is 16.3. The van der Waals surface area contributed by atoms with Crippen molar-refractivity contribution in [1.29, 1.82) is 5.26 Å². The van der Waals surface area contributed by atoms with Crippen LogP contribution in [-0.4, -0.2) is 55.3 Å². The molecule has 0 unspecified atom stereocenters. The maximum absolute atomic E-state index is 11.6. The second-order valence-corrected chi connectivity index (χ2v) is 8.58. The molecule has 1 aromatic heterocycles. The van der Waals surface area contributed by atoms with Gasteiger partial charge in [0.2, 0.25) is 5.91 Å². The highest BCUT2D eigenvalue weighted by atomic mass is 16.5. The second kappa shape index (κ2) is 9.51. The molecule has 170 valence electrons. The Morgan fingerprint density at radius 1 is 1.09 bits per heavy atom. The summed E-state index contributed by atoms with van der Waals surface area (Å²) >= 11 is 0. The minimum atomic E-state index is 0.0726. The summed E-state index contributed by atoms with van der Waals surface area (Å²) < 4.78 is 11.3. The summed E-state index contributed by atoms with van der Waals surface area (Å²) in [5.74, 6) is 1.71. The molecule has 0 atom stereocenters. The number of fused-ring (bicyclic) bond motifs is 2. The molecule has 0 bridgehead atoms. The number of carbonyl (C=O) groups is 1. The normalized spacial score (nSPS) is 16.3. The van der Waals surface area contributed by atoms with Crippen molar-refractivity contribution in [3.8, 4) is 11.8 Å². The van der Waals surface area contributed by atoms with E-state index in [0.29, 0.717) is 24.2 Å². The lowest BCUT2D eigenvalue weighted by Crippen LogP contribution is -2.46. The molecule has 33 heavy (non-hydrogen) atoms. The molecule has 0 aliphatic carbocycles. The van der Waals surface area contributed by atoms with Gasteiger partial charge in [-0.15, -0.1) is 0 Å². The third-order valence-corrected chi connectivity index (χ3v) is 6.37. The van der Waals surface area contributed by atoms with Gasteiger partial charge in [0.05, 0.1) is 23.6 Å². The van der Waals surface area contributed by atoms with Gasteiger partial charge in [-0.05, 0) is 55.6 Å². The highest BCUT2D eigenvalue weighted by Gasteiger charge is 2.21. The zero-order chi connectivity index (χ0) is 22.6. The van der Waals surface area contributed by atoms with E-state index in [2.05, 4.69) is 26.3 Å². The molecule has 0 saturated carbocycles. The molecule has 2 aromatic carbocycles. The summed E-state index contributed by atoms with van der Waals surface area (Å²) in [6, 6.07) is 13.6. The summed E-state index contributed by atoms with van der Waals surface area (Å²) in [6.07, 6.45) is 3.40. The number of nitriles is 1. The lowest BCUT2D eigenvalue weighted by Gasteiger charge is -2.34. The number of hydrogen-bond acceptors (Lipinski definition) is 7. The Labute approximate surface area is 192 Å². The summed E-state index contributed by atoms with van der Waals surface area (Å²) in [5.41, 5.74) is 3.39. The number of benzene rings is 2. The number of nitrogens with one attached hydrogen (secondary N) is 1. The number of rotatable bonds is 7. The minimum Gasteiger partial charge on any atom is -0.494 e. The summed E-state index contributed by atoms with van der Waals surface area (Å²) in [6.45, 7) is 5.41. The molecule has 2 aliphatic rings. The molecule has 1 amide bonds. The van der Waals surface area contributed by atoms with E-state index >= 15 is 0 Å². The van der Waals surface area contributed by atoms with Crippen LogP contribution in [0.25, 0.3) is 11.0 Å².